The smallest absolute Gasteiger partial charge is 0.193 e. The predicted molar refractivity (Wildman–Crippen MR) is 78.4 cm³/mol. The number of likely N-dealkylation sites (N-methyl/N-ethyl adjacent to an activating group) is 1. The number of aromatic nitrogens is 2. The van der Waals surface area contributed by atoms with Crippen LogP contribution in [0, 0.1) is 0 Å². The third kappa shape index (κ3) is 3.56. The Morgan fingerprint density at radius 3 is 3.00 bits per heavy atom. The van der Waals surface area contributed by atoms with Gasteiger partial charge in [0.15, 0.2) is 4.96 Å². The van der Waals surface area contributed by atoms with Gasteiger partial charge in [0, 0.05) is 30.2 Å². The summed E-state index contributed by atoms with van der Waals surface area (Å²) >= 11 is 1.70. The summed E-state index contributed by atoms with van der Waals surface area (Å²) in [5, 5.41) is 5.49. The molecular weight excluding hydrogens is 242 g/mol. The van der Waals surface area contributed by atoms with Crippen LogP contribution >= 0.6 is 11.3 Å². The third-order valence-corrected chi connectivity index (χ3v) is 4.18. The molecule has 0 amide bonds. The van der Waals surface area contributed by atoms with E-state index in [2.05, 4.69) is 46.4 Å². The van der Waals surface area contributed by atoms with E-state index in [-0.39, 0.29) is 0 Å². The van der Waals surface area contributed by atoms with Crippen molar-refractivity contribution in [2.45, 2.75) is 51.5 Å². The molecule has 3 nitrogen and oxygen atoms in total. The highest BCUT2D eigenvalue weighted by molar-refractivity contribution is 7.15. The van der Waals surface area contributed by atoms with Gasteiger partial charge < -0.3 is 5.32 Å². The topological polar surface area (TPSA) is 29.3 Å². The van der Waals surface area contributed by atoms with Crippen LogP contribution in [0.4, 0.5) is 0 Å². The molecule has 2 aromatic heterocycles. The van der Waals surface area contributed by atoms with Crippen LogP contribution in [0.3, 0.4) is 0 Å². The molecule has 4 heteroatoms. The molecule has 1 unspecified atom stereocenters. The van der Waals surface area contributed by atoms with Crippen LogP contribution in [0.5, 0.6) is 0 Å². The van der Waals surface area contributed by atoms with Gasteiger partial charge in [0.2, 0.25) is 0 Å². The van der Waals surface area contributed by atoms with E-state index in [4.69, 9.17) is 0 Å². The van der Waals surface area contributed by atoms with Crippen molar-refractivity contribution in [3.05, 3.63) is 23.5 Å². The van der Waals surface area contributed by atoms with Crippen LogP contribution in [0.25, 0.3) is 4.96 Å². The summed E-state index contributed by atoms with van der Waals surface area (Å²) < 4.78 is 2.11. The molecule has 1 atom stereocenters. The molecule has 18 heavy (non-hydrogen) atoms. The maximum absolute atomic E-state index is 4.65. The zero-order valence-electron chi connectivity index (χ0n) is 11.4. The zero-order valence-corrected chi connectivity index (χ0v) is 12.2. The van der Waals surface area contributed by atoms with Gasteiger partial charge in [-0.05, 0) is 13.5 Å². The maximum atomic E-state index is 4.65. The van der Waals surface area contributed by atoms with Crippen molar-refractivity contribution < 1.29 is 0 Å². The van der Waals surface area contributed by atoms with E-state index in [0.717, 1.165) is 11.4 Å². The first kappa shape index (κ1) is 13.6. The number of hydrogen-bond donors (Lipinski definition) is 1. The Morgan fingerprint density at radius 2 is 2.28 bits per heavy atom. The molecule has 2 aromatic rings. The van der Waals surface area contributed by atoms with Crippen LogP contribution in [-0.2, 0) is 6.42 Å². The first-order chi connectivity index (χ1) is 8.83. The van der Waals surface area contributed by atoms with Gasteiger partial charge in [-0.15, -0.1) is 11.3 Å². The lowest BCUT2D eigenvalue weighted by atomic mass is 10.0. The molecule has 100 valence electrons. The number of fused-ring (bicyclic) bond motifs is 1. The number of nitrogens with one attached hydrogen (secondary N) is 1. The van der Waals surface area contributed by atoms with E-state index in [1.54, 1.807) is 11.3 Å². The number of imidazole rings is 1. The first-order valence-corrected chi connectivity index (χ1v) is 7.79. The van der Waals surface area contributed by atoms with Gasteiger partial charge in [-0.1, -0.05) is 32.6 Å². The number of thiazole rings is 1. The predicted octanol–water partition coefficient (Wildman–Crippen LogP) is 3.50. The molecular formula is C14H23N3S. The van der Waals surface area contributed by atoms with Crippen LogP contribution in [-0.4, -0.2) is 22.5 Å². The van der Waals surface area contributed by atoms with Gasteiger partial charge in [0.1, 0.15) is 0 Å². The summed E-state index contributed by atoms with van der Waals surface area (Å²) in [4.78, 5) is 5.75. The Labute approximate surface area is 113 Å². The molecule has 0 aliphatic carbocycles. The van der Waals surface area contributed by atoms with Gasteiger partial charge >= 0.3 is 0 Å². The summed E-state index contributed by atoms with van der Waals surface area (Å²) in [7, 11) is 2.06. The highest BCUT2D eigenvalue weighted by Gasteiger charge is 2.10. The van der Waals surface area contributed by atoms with Crippen LogP contribution in [0.1, 0.15) is 44.7 Å². The average molecular weight is 265 g/mol. The van der Waals surface area contributed by atoms with E-state index in [0.29, 0.717) is 6.04 Å². The summed E-state index contributed by atoms with van der Waals surface area (Å²) in [5.41, 5.74) is 1.21. The van der Waals surface area contributed by atoms with Crippen molar-refractivity contribution in [1.29, 1.82) is 0 Å². The Balaban J connectivity index is 1.83. The van der Waals surface area contributed by atoms with E-state index in [1.165, 1.54) is 37.8 Å². The third-order valence-electron chi connectivity index (χ3n) is 3.41. The van der Waals surface area contributed by atoms with Crippen LogP contribution in [0.15, 0.2) is 17.8 Å². The monoisotopic (exact) mass is 265 g/mol. The van der Waals surface area contributed by atoms with Crippen molar-refractivity contribution >= 4 is 16.3 Å². The van der Waals surface area contributed by atoms with E-state index in [1.807, 2.05) is 0 Å². The van der Waals surface area contributed by atoms with Gasteiger partial charge in [-0.2, -0.15) is 0 Å². The fourth-order valence-electron chi connectivity index (χ4n) is 2.29. The molecule has 0 aromatic carbocycles. The molecule has 0 saturated carbocycles. The van der Waals surface area contributed by atoms with Gasteiger partial charge in [0.05, 0.1) is 5.69 Å². The number of nitrogens with zero attached hydrogens (tertiary/aromatic N) is 2. The lowest BCUT2D eigenvalue weighted by molar-refractivity contribution is 0.482. The Hall–Kier alpha value is -0.870. The van der Waals surface area contributed by atoms with E-state index in [9.17, 15) is 0 Å². The first-order valence-electron chi connectivity index (χ1n) is 6.91. The van der Waals surface area contributed by atoms with Gasteiger partial charge in [0.25, 0.3) is 0 Å². The van der Waals surface area contributed by atoms with Crippen molar-refractivity contribution in [1.82, 2.24) is 14.7 Å². The molecule has 0 aliphatic heterocycles. The molecule has 0 aliphatic rings. The van der Waals surface area contributed by atoms with Crippen molar-refractivity contribution in [2.75, 3.05) is 7.05 Å². The fraction of sp³-hybridized carbons (Fsp3) is 0.643. The molecule has 2 rings (SSSR count). The molecule has 1 N–H and O–H groups in total. The standard InChI is InChI=1S/C14H23N3S/c1-3-4-5-6-7-12(15-2)10-13-11-17-8-9-18-14(17)16-13/h8-9,11-12,15H,3-7,10H2,1-2H3. The minimum atomic E-state index is 0.562. The number of hydrogen-bond acceptors (Lipinski definition) is 3. The Morgan fingerprint density at radius 1 is 1.39 bits per heavy atom. The average Bonchev–Trinajstić information content (AvgIpc) is 2.93. The largest absolute Gasteiger partial charge is 0.317 e. The van der Waals surface area contributed by atoms with E-state index < -0.39 is 0 Å². The Bertz CT molecular complexity index is 432. The highest BCUT2D eigenvalue weighted by Crippen LogP contribution is 2.14. The SMILES string of the molecule is CCCCCCC(Cc1cn2ccsc2n1)NC. The summed E-state index contributed by atoms with van der Waals surface area (Å²) in [6.45, 7) is 2.26. The van der Waals surface area contributed by atoms with Crippen molar-refractivity contribution in [3.8, 4) is 0 Å². The number of unbranched alkanes of at least 4 members (excludes halogenated alkanes) is 3. The van der Waals surface area contributed by atoms with Crippen molar-refractivity contribution in [2.24, 2.45) is 0 Å². The van der Waals surface area contributed by atoms with Gasteiger partial charge in [-0.25, -0.2) is 4.98 Å². The second-order valence-electron chi connectivity index (χ2n) is 4.86. The Kier molecular flexibility index (Phi) is 5.20. The van der Waals surface area contributed by atoms with E-state index >= 15 is 0 Å². The lowest BCUT2D eigenvalue weighted by Gasteiger charge is -2.14. The second kappa shape index (κ2) is 6.90. The maximum Gasteiger partial charge on any atom is 0.193 e. The van der Waals surface area contributed by atoms with Crippen molar-refractivity contribution in [3.63, 3.8) is 0 Å². The summed E-state index contributed by atoms with van der Waals surface area (Å²) in [6.07, 6.45) is 11.9. The second-order valence-corrected chi connectivity index (χ2v) is 5.74. The minimum Gasteiger partial charge on any atom is -0.317 e. The molecule has 0 bridgehead atoms. The molecule has 0 saturated heterocycles. The van der Waals surface area contributed by atoms with Crippen LogP contribution < -0.4 is 5.32 Å². The molecule has 0 spiro atoms. The fourth-order valence-corrected chi connectivity index (χ4v) is 3.01. The molecule has 0 radical (unpaired) electrons. The van der Waals surface area contributed by atoms with Crippen LogP contribution in [0.2, 0.25) is 0 Å². The summed E-state index contributed by atoms with van der Waals surface area (Å²) in [5.74, 6) is 0. The van der Waals surface area contributed by atoms with Gasteiger partial charge in [-0.3, -0.25) is 4.40 Å². The lowest BCUT2D eigenvalue weighted by Crippen LogP contribution is -2.27. The number of rotatable bonds is 8. The summed E-state index contributed by atoms with van der Waals surface area (Å²) in [6, 6.07) is 0.562. The minimum absolute atomic E-state index is 0.562. The normalized spacial score (nSPS) is 13.2. The zero-order chi connectivity index (χ0) is 12.8. The quantitative estimate of drug-likeness (QED) is 0.740. The molecule has 0 fully saturated rings. The highest BCUT2D eigenvalue weighted by atomic mass is 32.1. The molecule has 2 heterocycles.